The summed E-state index contributed by atoms with van der Waals surface area (Å²) in [6.45, 7) is 6.60. The van der Waals surface area contributed by atoms with Crippen molar-refractivity contribution in [3.05, 3.63) is 144 Å². The minimum absolute atomic E-state index is 0.144. The number of aliphatic hydroxyl groups excluding tert-OH is 1. The summed E-state index contributed by atoms with van der Waals surface area (Å²) in [4.78, 5) is 44.9. The van der Waals surface area contributed by atoms with E-state index in [0.29, 0.717) is 25.9 Å². The first kappa shape index (κ1) is 38.2. The van der Waals surface area contributed by atoms with Gasteiger partial charge in [0.25, 0.3) is 0 Å². The summed E-state index contributed by atoms with van der Waals surface area (Å²) >= 11 is 0. The van der Waals surface area contributed by atoms with Gasteiger partial charge in [-0.3, -0.25) is 33.7 Å². The summed E-state index contributed by atoms with van der Waals surface area (Å²) in [5.74, 6) is -0.801. The normalized spacial score (nSPS) is 11.9. The van der Waals surface area contributed by atoms with Crippen LogP contribution in [0.5, 0.6) is 0 Å². The maximum Gasteiger partial charge on any atom is 0.303 e. The number of nitrogens with zero attached hydrogens (tertiary/aromatic N) is 6. The molecule has 2 aromatic carbocycles. The summed E-state index contributed by atoms with van der Waals surface area (Å²) in [6, 6.07) is 30.4. The summed E-state index contributed by atoms with van der Waals surface area (Å²) in [5, 5.41) is 19.4. The molecule has 272 valence electrons. The number of Topliss-reactive ketones (excluding diaryl/α,β-unsaturated/α-hetero) is 2. The van der Waals surface area contributed by atoms with Crippen LogP contribution in [0.2, 0.25) is 0 Å². The Hall–Kier alpha value is -6.07. The highest BCUT2D eigenvalue weighted by Crippen LogP contribution is 2.21. The lowest BCUT2D eigenvalue weighted by atomic mass is 10.0. The van der Waals surface area contributed by atoms with Crippen molar-refractivity contribution in [3.8, 4) is 22.5 Å². The Balaban J connectivity index is 0.000000206. The van der Waals surface area contributed by atoms with E-state index in [1.54, 1.807) is 29.5 Å². The molecule has 0 aliphatic carbocycles. The molecule has 4 aromatic heterocycles. The predicted octanol–water partition coefficient (Wildman–Crippen LogP) is 5.93. The van der Waals surface area contributed by atoms with Crippen LogP contribution >= 0.6 is 0 Å². The number of aromatic nitrogens is 6. The van der Waals surface area contributed by atoms with Crippen LogP contribution in [0, 0.1) is 0 Å². The van der Waals surface area contributed by atoms with Crippen molar-refractivity contribution in [2.24, 2.45) is 0 Å². The molecule has 0 amide bonds. The van der Waals surface area contributed by atoms with Gasteiger partial charge in [0, 0.05) is 80.2 Å². The molecule has 0 aliphatic rings. The second kappa shape index (κ2) is 19.0. The van der Waals surface area contributed by atoms with Crippen LogP contribution in [0.15, 0.2) is 122 Å². The van der Waals surface area contributed by atoms with Crippen molar-refractivity contribution in [1.29, 1.82) is 0 Å². The number of pyridine rings is 2. The van der Waals surface area contributed by atoms with Crippen molar-refractivity contribution < 1.29 is 24.2 Å². The Labute approximate surface area is 309 Å². The first-order chi connectivity index (χ1) is 25.7. The number of ether oxygens (including phenoxy) is 1. The zero-order chi connectivity index (χ0) is 37.6. The monoisotopic (exact) mass is 712 g/mol. The second-order valence-electron chi connectivity index (χ2n) is 12.4. The fourth-order valence-corrected chi connectivity index (χ4v) is 5.86. The molecule has 0 bridgehead atoms. The van der Waals surface area contributed by atoms with Crippen LogP contribution in [0.4, 0.5) is 0 Å². The third-order valence-corrected chi connectivity index (χ3v) is 8.56. The minimum Gasteiger partial charge on any atom is -0.454 e. The summed E-state index contributed by atoms with van der Waals surface area (Å²) in [5.41, 5.74) is 7.01. The molecule has 0 aliphatic heterocycles. The van der Waals surface area contributed by atoms with Gasteiger partial charge < -0.3 is 9.84 Å². The zero-order valence-corrected chi connectivity index (χ0v) is 30.2. The number of aryl methyl sites for hydroxylation is 2. The van der Waals surface area contributed by atoms with E-state index in [4.69, 9.17) is 4.74 Å². The number of ketones is 2. The van der Waals surface area contributed by atoms with Gasteiger partial charge >= 0.3 is 5.97 Å². The molecule has 11 heteroatoms. The van der Waals surface area contributed by atoms with Gasteiger partial charge in [-0.25, -0.2) is 0 Å². The molecule has 4 heterocycles. The lowest BCUT2D eigenvalue weighted by molar-refractivity contribution is -0.152. The molecule has 6 rings (SSSR count). The van der Waals surface area contributed by atoms with Gasteiger partial charge in [0.15, 0.2) is 17.7 Å². The van der Waals surface area contributed by atoms with Gasteiger partial charge in [0.1, 0.15) is 6.10 Å². The molecule has 0 saturated carbocycles. The maximum atomic E-state index is 12.9. The van der Waals surface area contributed by atoms with Crippen LogP contribution in [-0.4, -0.2) is 64.4 Å². The molecule has 0 unspecified atom stereocenters. The van der Waals surface area contributed by atoms with E-state index in [2.05, 4.69) is 20.2 Å². The highest BCUT2D eigenvalue weighted by molar-refractivity contribution is 5.87. The molecule has 53 heavy (non-hydrogen) atoms. The third kappa shape index (κ3) is 11.0. The summed E-state index contributed by atoms with van der Waals surface area (Å²) < 4.78 is 8.94. The largest absolute Gasteiger partial charge is 0.454 e. The number of hydrogen-bond donors (Lipinski definition) is 1. The van der Waals surface area contributed by atoms with Gasteiger partial charge in [-0.15, -0.1) is 0 Å². The van der Waals surface area contributed by atoms with Gasteiger partial charge in [-0.05, 0) is 61.4 Å². The Morgan fingerprint density at radius 1 is 0.642 bits per heavy atom. The highest BCUT2D eigenvalue weighted by atomic mass is 16.5. The average Bonchev–Trinajstić information content (AvgIpc) is 3.80. The van der Waals surface area contributed by atoms with E-state index in [1.807, 2.05) is 116 Å². The smallest absolute Gasteiger partial charge is 0.303 e. The lowest BCUT2D eigenvalue weighted by Crippen LogP contribution is -2.30. The van der Waals surface area contributed by atoms with E-state index in [9.17, 15) is 19.5 Å². The van der Waals surface area contributed by atoms with E-state index >= 15 is 0 Å². The number of esters is 1. The topological polar surface area (TPSA) is 142 Å². The van der Waals surface area contributed by atoms with Crippen LogP contribution in [0.1, 0.15) is 43.3 Å². The van der Waals surface area contributed by atoms with Crippen molar-refractivity contribution in [1.82, 2.24) is 29.5 Å². The minimum atomic E-state index is -1.01. The molecule has 0 fully saturated rings. The molecule has 0 radical (unpaired) electrons. The first-order valence-corrected chi connectivity index (χ1v) is 17.7. The SMILES string of the molecule is CCn1nc(-c2ccncc2)cc1CC(=O)[C@@H](Cc1ccccc1)OC(C)=O.CCn1nc(-c2ccncc2)cc1CC(=O)[C@H](O)Cc1ccccc1. The van der Waals surface area contributed by atoms with Crippen LogP contribution in [-0.2, 0) is 57.9 Å². The number of rotatable bonds is 15. The van der Waals surface area contributed by atoms with Crippen molar-refractivity contribution in [2.75, 3.05) is 0 Å². The van der Waals surface area contributed by atoms with Crippen LogP contribution in [0.25, 0.3) is 22.5 Å². The number of aliphatic hydroxyl groups is 1. The quantitative estimate of drug-likeness (QED) is 0.128. The van der Waals surface area contributed by atoms with Crippen molar-refractivity contribution >= 4 is 17.5 Å². The van der Waals surface area contributed by atoms with Crippen molar-refractivity contribution in [3.63, 3.8) is 0 Å². The Kier molecular flexibility index (Phi) is 13.7. The number of carbonyl (C=O) groups excluding carboxylic acids is 3. The van der Waals surface area contributed by atoms with Gasteiger partial charge in [-0.1, -0.05) is 60.7 Å². The van der Waals surface area contributed by atoms with Crippen LogP contribution < -0.4 is 0 Å². The predicted molar refractivity (Wildman–Crippen MR) is 202 cm³/mol. The van der Waals surface area contributed by atoms with Gasteiger partial charge in [0.2, 0.25) is 0 Å². The standard InChI is InChI=1S/C22H23N3O3.C20H21N3O2/c1-3-25-19(14-20(24-25)18-9-11-23-12-10-18)15-21(27)22(28-16(2)26)13-17-7-5-4-6-8-17;1-2-23-17(13-18(22-23)16-8-10-21-11-9-16)14-20(25)19(24)12-15-6-4-3-5-7-15/h4-12,14,22H,3,13,15H2,1-2H3;3-11,13,19,24H,2,12,14H2,1H3/t22-;19-/m11/s1. The van der Waals surface area contributed by atoms with Gasteiger partial charge in [-0.2, -0.15) is 10.2 Å². The van der Waals surface area contributed by atoms with E-state index in [0.717, 1.165) is 45.0 Å². The van der Waals surface area contributed by atoms with E-state index < -0.39 is 18.2 Å². The fraction of sp³-hybridized carbons (Fsp3) is 0.262. The molecule has 11 nitrogen and oxygen atoms in total. The average molecular weight is 713 g/mol. The summed E-state index contributed by atoms with van der Waals surface area (Å²) in [6.07, 6.45) is 6.04. The lowest BCUT2D eigenvalue weighted by Gasteiger charge is -2.16. The van der Waals surface area contributed by atoms with Crippen LogP contribution in [0.3, 0.4) is 0 Å². The Morgan fingerprint density at radius 3 is 1.51 bits per heavy atom. The van der Waals surface area contributed by atoms with E-state index in [1.165, 1.54) is 6.92 Å². The molecule has 0 spiro atoms. The second-order valence-corrected chi connectivity index (χ2v) is 12.4. The Morgan fingerprint density at radius 2 is 1.08 bits per heavy atom. The molecule has 2 atom stereocenters. The number of carbonyl (C=O) groups is 3. The van der Waals surface area contributed by atoms with Crippen molar-refractivity contribution in [2.45, 2.75) is 71.8 Å². The zero-order valence-electron chi connectivity index (χ0n) is 30.2. The number of benzene rings is 2. The molecule has 6 aromatic rings. The van der Waals surface area contributed by atoms with E-state index in [-0.39, 0.29) is 24.4 Å². The molecular weight excluding hydrogens is 668 g/mol. The highest BCUT2D eigenvalue weighted by Gasteiger charge is 2.24. The third-order valence-electron chi connectivity index (χ3n) is 8.56. The molecule has 0 saturated heterocycles. The number of hydrogen-bond acceptors (Lipinski definition) is 9. The van der Waals surface area contributed by atoms with Gasteiger partial charge in [0.05, 0.1) is 24.2 Å². The first-order valence-electron chi connectivity index (χ1n) is 17.7. The maximum absolute atomic E-state index is 12.9. The summed E-state index contributed by atoms with van der Waals surface area (Å²) in [7, 11) is 0. The molecular formula is C42H44N6O5. The molecule has 1 N–H and O–H groups in total. The fourth-order valence-electron chi connectivity index (χ4n) is 5.86. The Bertz CT molecular complexity index is 2060.